The molecule has 0 fully saturated rings. The Hall–Kier alpha value is -1.82. The molecule has 3 N–H and O–H groups in total. The van der Waals surface area contributed by atoms with Gasteiger partial charge >= 0.3 is 6.18 Å². The minimum absolute atomic E-state index is 0. The summed E-state index contributed by atoms with van der Waals surface area (Å²) in [6, 6.07) is 9.90. The van der Waals surface area contributed by atoms with Crippen LogP contribution in [-0.2, 0) is 18.1 Å². The molecule has 0 radical (unpaired) electrons. The SMILES string of the molecule is CCNC(=NCC(C)(C)c1ccccc1)NCCC(O)(c1nccn1C)C(F)(F)F.I. The molecule has 10 heteroatoms. The molecule has 2 rings (SSSR count). The molecule has 0 aliphatic rings. The first-order valence-electron chi connectivity index (χ1n) is 9.86. The van der Waals surface area contributed by atoms with Gasteiger partial charge in [0.2, 0.25) is 5.60 Å². The lowest BCUT2D eigenvalue weighted by molar-refractivity contribution is -0.272. The highest BCUT2D eigenvalue weighted by atomic mass is 127. The molecule has 1 atom stereocenters. The van der Waals surface area contributed by atoms with Crippen LogP contribution in [0.2, 0.25) is 0 Å². The zero-order chi connectivity index (χ0) is 22.4. The van der Waals surface area contributed by atoms with Gasteiger partial charge in [-0.05, 0) is 12.5 Å². The Morgan fingerprint density at radius 1 is 1.16 bits per heavy atom. The second-order valence-electron chi connectivity index (χ2n) is 7.84. The first kappa shape index (κ1) is 27.2. The molecule has 0 bridgehead atoms. The molecular weight excluding hydrogens is 522 g/mol. The molecule has 0 spiro atoms. The van der Waals surface area contributed by atoms with E-state index in [9.17, 15) is 18.3 Å². The third-order valence-corrected chi connectivity index (χ3v) is 4.97. The van der Waals surface area contributed by atoms with Gasteiger partial charge in [0.15, 0.2) is 5.96 Å². The van der Waals surface area contributed by atoms with E-state index < -0.39 is 24.0 Å². The lowest BCUT2D eigenvalue weighted by Crippen LogP contribution is -2.48. The van der Waals surface area contributed by atoms with Crippen molar-refractivity contribution in [2.45, 2.75) is 44.4 Å². The summed E-state index contributed by atoms with van der Waals surface area (Å²) in [7, 11) is 1.42. The highest BCUT2D eigenvalue weighted by Crippen LogP contribution is 2.40. The van der Waals surface area contributed by atoms with Gasteiger partial charge in [0, 0.05) is 44.4 Å². The van der Waals surface area contributed by atoms with E-state index in [0.717, 1.165) is 5.56 Å². The molecule has 174 valence electrons. The molecule has 6 nitrogen and oxygen atoms in total. The molecule has 31 heavy (non-hydrogen) atoms. The van der Waals surface area contributed by atoms with Gasteiger partial charge in [0.25, 0.3) is 0 Å². The topological polar surface area (TPSA) is 74.5 Å². The minimum Gasteiger partial charge on any atom is -0.374 e. The van der Waals surface area contributed by atoms with Crippen LogP contribution < -0.4 is 10.6 Å². The predicted octanol–water partition coefficient (Wildman–Crippen LogP) is 3.71. The number of guanidine groups is 1. The van der Waals surface area contributed by atoms with Gasteiger partial charge < -0.3 is 20.3 Å². The number of nitrogens with zero attached hydrogens (tertiary/aromatic N) is 3. The molecule has 0 amide bonds. The molecule has 0 aliphatic heterocycles. The van der Waals surface area contributed by atoms with Crippen LogP contribution >= 0.6 is 24.0 Å². The Morgan fingerprint density at radius 3 is 2.32 bits per heavy atom. The predicted molar refractivity (Wildman–Crippen MR) is 127 cm³/mol. The summed E-state index contributed by atoms with van der Waals surface area (Å²) >= 11 is 0. The molecule has 1 aromatic heterocycles. The van der Waals surface area contributed by atoms with Gasteiger partial charge in [0.05, 0.1) is 6.54 Å². The number of benzene rings is 1. The van der Waals surface area contributed by atoms with E-state index in [1.54, 1.807) is 0 Å². The maximum atomic E-state index is 13.6. The van der Waals surface area contributed by atoms with Gasteiger partial charge in [-0.25, -0.2) is 4.98 Å². The van der Waals surface area contributed by atoms with Crippen molar-refractivity contribution >= 4 is 29.9 Å². The van der Waals surface area contributed by atoms with Crippen molar-refractivity contribution in [2.24, 2.45) is 12.0 Å². The Kier molecular flexibility index (Phi) is 9.80. The number of aliphatic imine (C=N–C) groups is 1. The second kappa shape index (κ2) is 11.2. The average Bonchev–Trinajstić information content (AvgIpc) is 3.12. The van der Waals surface area contributed by atoms with Crippen molar-refractivity contribution in [3.8, 4) is 0 Å². The number of rotatable bonds is 8. The summed E-state index contributed by atoms with van der Waals surface area (Å²) in [6.07, 6.45) is -2.86. The number of aryl methyl sites for hydroxylation is 1. The molecule has 1 unspecified atom stereocenters. The number of aromatic nitrogens is 2. The lowest BCUT2D eigenvalue weighted by atomic mass is 9.85. The van der Waals surface area contributed by atoms with Crippen molar-refractivity contribution in [1.82, 2.24) is 20.2 Å². The van der Waals surface area contributed by atoms with E-state index in [2.05, 4.69) is 34.5 Å². The number of imidazole rings is 1. The van der Waals surface area contributed by atoms with E-state index in [0.29, 0.717) is 19.0 Å². The van der Waals surface area contributed by atoms with Crippen LogP contribution in [0.3, 0.4) is 0 Å². The van der Waals surface area contributed by atoms with Crippen molar-refractivity contribution in [3.05, 3.63) is 54.1 Å². The van der Waals surface area contributed by atoms with Crippen molar-refractivity contribution in [3.63, 3.8) is 0 Å². The Labute approximate surface area is 198 Å². The molecular formula is C21H31F3IN5O. The number of aliphatic hydroxyl groups is 1. The molecule has 0 saturated carbocycles. The van der Waals surface area contributed by atoms with Crippen molar-refractivity contribution in [1.29, 1.82) is 0 Å². The molecule has 2 aromatic rings. The van der Waals surface area contributed by atoms with Gasteiger partial charge in [0.1, 0.15) is 5.82 Å². The summed E-state index contributed by atoms with van der Waals surface area (Å²) in [5, 5.41) is 16.4. The number of alkyl halides is 3. The monoisotopic (exact) mass is 553 g/mol. The third-order valence-electron chi connectivity index (χ3n) is 4.97. The summed E-state index contributed by atoms with van der Waals surface area (Å²) < 4.78 is 42.1. The smallest absolute Gasteiger partial charge is 0.374 e. The molecule has 0 saturated heterocycles. The summed E-state index contributed by atoms with van der Waals surface area (Å²) in [5.41, 5.74) is -2.19. The number of nitrogens with one attached hydrogen (secondary N) is 2. The normalized spacial score (nSPS) is 14.5. The molecule has 1 aromatic carbocycles. The van der Waals surface area contributed by atoms with Crippen LogP contribution in [0, 0.1) is 0 Å². The first-order valence-corrected chi connectivity index (χ1v) is 9.86. The second-order valence-corrected chi connectivity index (χ2v) is 7.84. The molecule has 1 heterocycles. The zero-order valence-electron chi connectivity index (χ0n) is 18.2. The lowest BCUT2D eigenvalue weighted by Gasteiger charge is -2.30. The van der Waals surface area contributed by atoms with Crippen LogP contribution in [0.1, 0.15) is 38.6 Å². The van der Waals surface area contributed by atoms with Crippen LogP contribution in [-0.4, -0.2) is 46.4 Å². The Bertz CT molecular complexity index is 839. The van der Waals surface area contributed by atoms with Crippen molar-refractivity contribution in [2.75, 3.05) is 19.6 Å². The highest BCUT2D eigenvalue weighted by molar-refractivity contribution is 14.0. The largest absolute Gasteiger partial charge is 0.424 e. The number of halogens is 4. The van der Waals surface area contributed by atoms with Crippen LogP contribution in [0.4, 0.5) is 13.2 Å². The summed E-state index contributed by atoms with van der Waals surface area (Å²) in [5.74, 6) is -0.0465. The average molecular weight is 553 g/mol. The fraction of sp³-hybridized carbons (Fsp3) is 0.524. The summed E-state index contributed by atoms with van der Waals surface area (Å²) in [4.78, 5) is 8.24. The standard InChI is InChI=1S/C21H30F3N5O.HI/c1-5-25-18(28-15-19(2,3)16-9-7-6-8-10-16)27-12-11-20(30,21(22,23)24)17-26-13-14-29(17)4;/h6-10,13-14,30H,5,11-12,15H2,1-4H3,(H2,25,27,28);1H. The zero-order valence-corrected chi connectivity index (χ0v) is 20.5. The Morgan fingerprint density at radius 2 is 1.81 bits per heavy atom. The van der Waals surface area contributed by atoms with E-state index in [1.165, 1.54) is 24.0 Å². The quantitative estimate of drug-likeness (QED) is 0.265. The van der Waals surface area contributed by atoms with Crippen molar-refractivity contribution < 1.29 is 18.3 Å². The number of hydrogen-bond acceptors (Lipinski definition) is 3. The van der Waals surface area contributed by atoms with E-state index >= 15 is 0 Å². The third kappa shape index (κ3) is 6.83. The van der Waals surface area contributed by atoms with Gasteiger partial charge in [-0.3, -0.25) is 4.99 Å². The van der Waals surface area contributed by atoms with Crippen LogP contribution in [0.5, 0.6) is 0 Å². The highest BCUT2D eigenvalue weighted by Gasteiger charge is 2.57. The molecule has 0 aliphatic carbocycles. The van der Waals surface area contributed by atoms with Gasteiger partial charge in [-0.2, -0.15) is 13.2 Å². The van der Waals surface area contributed by atoms with E-state index in [1.807, 2.05) is 37.3 Å². The number of hydrogen-bond donors (Lipinski definition) is 3. The van der Waals surface area contributed by atoms with Crippen LogP contribution in [0.15, 0.2) is 47.7 Å². The fourth-order valence-corrected chi connectivity index (χ4v) is 3.11. The van der Waals surface area contributed by atoms with E-state index in [4.69, 9.17) is 0 Å². The van der Waals surface area contributed by atoms with Gasteiger partial charge in [-0.15, -0.1) is 24.0 Å². The maximum absolute atomic E-state index is 13.6. The minimum atomic E-state index is -4.86. The van der Waals surface area contributed by atoms with Crippen LogP contribution in [0.25, 0.3) is 0 Å². The van der Waals surface area contributed by atoms with Gasteiger partial charge in [-0.1, -0.05) is 44.2 Å². The maximum Gasteiger partial charge on any atom is 0.424 e. The fourth-order valence-electron chi connectivity index (χ4n) is 3.11. The Balaban J connectivity index is 0.00000480. The van der Waals surface area contributed by atoms with E-state index in [-0.39, 0.29) is 35.9 Å². The first-order chi connectivity index (χ1) is 14.0. The summed E-state index contributed by atoms with van der Waals surface area (Å²) in [6.45, 7) is 6.84.